The maximum Gasteiger partial charge on any atom is 0.262 e. The summed E-state index contributed by atoms with van der Waals surface area (Å²) in [7, 11) is 0. The van der Waals surface area contributed by atoms with Crippen molar-refractivity contribution in [1.82, 2.24) is 0 Å². The molecule has 0 radical (unpaired) electrons. The Hall–Kier alpha value is -2.47. The second-order valence-electron chi connectivity index (χ2n) is 4.92. The van der Waals surface area contributed by atoms with E-state index in [-0.39, 0.29) is 24.1 Å². The summed E-state index contributed by atoms with van der Waals surface area (Å²) in [5.41, 5.74) is 1.60. The number of benzene rings is 2. The van der Waals surface area contributed by atoms with Crippen molar-refractivity contribution in [3.63, 3.8) is 0 Å². The lowest BCUT2D eigenvalue weighted by Crippen LogP contribution is -2.25. The molecule has 0 spiro atoms. The highest BCUT2D eigenvalue weighted by atomic mass is 79.9. The third-order valence-corrected chi connectivity index (χ3v) is 3.88. The highest BCUT2D eigenvalue weighted by Crippen LogP contribution is 2.28. The fourth-order valence-corrected chi connectivity index (χ4v) is 2.52. The van der Waals surface area contributed by atoms with E-state index in [1.165, 1.54) is 12.1 Å². The van der Waals surface area contributed by atoms with Gasteiger partial charge in [0.2, 0.25) is 0 Å². The van der Waals surface area contributed by atoms with Gasteiger partial charge in [0, 0.05) is 5.56 Å². The number of anilines is 1. The van der Waals surface area contributed by atoms with E-state index < -0.39 is 0 Å². The van der Waals surface area contributed by atoms with Gasteiger partial charge in [0.15, 0.2) is 12.4 Å². The Labute approximate surface area is 140 Å². The molecule has 2 aromatic carbocycles. The second kappa shape index (κ2) is 6.34. The summed E-state index contributed by atoms with van der Waals surface area (Å²) in [6, 6.07) is 9.32. The number of amides is 1. The fourth-order valence-electron chi connectivity index (χ4n) is 2.12. The fraction of sp³-hybridized carbons (Fsp3) is 0.0588. The van der Waals surface area contributed by atoms with Crippen LogP contribution in [0.2, 0.25) is 0 Å². The zero-order chi connectivity index (χ0) is 16.4. The van der Waals surface area contributed by atoms with E-state index in [2.05, 4.69) is 21.2 Å². The molecule has 23 heavy (non-hydrogen) atoms. The van der Waals surface area contributed by atoms with E-state index in [1.54, 1.807) is 36.4 Å². The van der Waals surface area contributed by atoms with Gasteiger partial charge >= 0.3 is 0 Å². The number of nitrogens with one attached hydrogen (secondary N) is 1. The number of halogens is 2. The highest BCUT2D eigenvalue weighted by Gasteiger charge is 2.17. The molecule has 1 N–H and O–H groups in total. The third kappa shape index (κ3) is 3.48. The van der Waals surface area contributed by atoms with Crippen molar-refractivity contribution in [2.45, 2.75) is 0 Å². The summed E-state index contributed by atoms with van der Waals surface area (Å²) in [6.45, 7) is -0.0281. The Morgan fingerprint density at radius 2 is 2.09 bits per heavy atom. The SMILES string of the molecule is O=C1COc2ccc(C(=O)C=Cc3ccc(F)c(Br)c3)cc2N1. The number of ether oxygens (including phenoxy) is 1. The Balaban J connectivity index is 1.80. The normalized spacial score (nSPS) is 13.4. The third-order valence-electron chi connectivity index (χ3n) is 3.27. The molecule has 1 aliphatic rings. The van der Waals surface area contributed by atoms with Gasteiger partial charge in [0.05, 0.1) is 10.2 Å². The molecule has 0 bridgehead atoms. The van der Waals surface area contributed by atoms with Crippen LogP contribution < -0.4 is 10.1 Å². The molecule has 1 heterocycles. The smallest absolute Gasteiger partial charge is 0.262 e. The zero-order valence-corrected chi connectivity index (χ0v) is 13.4. The number of hydrogen-bond donors (Lipinski definition) is 1. The number of carbonyl (C=O) groups excluding carboxylic acids is 2. The molecule has 0 saturated carbocycles. The van der Waals surface area contributed by atoms with Gasteiger partial charge in [-0.25, -0.2) is 4.39 Å². The van der Waals surface area contributed by atoms with Gasteiger partial charge in [-0.2, -0.15) is 0 Å². The molecule has 6 heteroatoms. The van der Waals surface area contributed by atoms with Gasteiger partial charge in [0.1, 0.15) is 11.6 Å². The van der Waals surface area contributed by atoms with Crippen LogP contribution in [0.4, 0.5) is 10.1 Å². The molecule has 116 valence electrons. The minimum absolute atomic E-state index is 0.0281. The molecule has 4 nitrogen and oxygen atoms in total. The van der Waals surface area contributed by atoms with Crippen LogP contribution in [0.15, 0.2) is 46.9 Å². The number of carbonyl (C=O) groups is 2. The van der Waals surface area contributed by atoms with Crippen LogP contribution in [0.1, 0.15) is 15.9 Å². The standard InChI is InChI=1S/C17H11BrFNO3/c18-12-7-10(1-4-13(12)19)2-5-15(21)11-3-6-16-14(8-11)20-17(22)9-23-16/h1-8H,9H2,(H,20,22). The van der Waals surface area contributed by atoms with Crippen LogP contribution in [0.3, 0.4) is 0 Å². The van der Waals surface area contributed by atoms with Crippen molar-refractivity contribution in [3.05, 3.63) is 63.9 Å². The number of fused-ring (bicyclic) bond motifs is 1. The zero-order valence-electron chi connectivity index (χ0n) is 11.8. The quantitative estimate of drug-likeness (QED) is 0.655. The molecule has 3 rings (SSSR count). The predicted octanol–water partition coefficient (Wildman–Crippen LogP) is 3.82. The maximum absolute atomic E-state index is 13.2. The summed E-state index contributed by atoms with van der Waals surface area (Å²) in [5, 5.41) is 2.65. The topological polar surface area (TPSA) is 55.4 Å². The molecule has 1 amide bonds. The van der Waals surface area contributed by atoms with Crippen molar-refractivity contribution in [1.29, 1.82) is 0 Å². The molecular formula is C17H11BrFNO3. The molecule has 0 unspecified atom stereocenters. The highest BCUT2D eigenvalue weighted by molar-refractivity contribution is 9.10. The van der Waals surface area contributed by atoms with Crippen molar-refractivity contribution >= 4 is 39.4 Å². The van der Waals surface area contributed by atoms with Crippen LogP contribution in [0, 0.1) is 5.82 Å². The number of rotatable bonds is 3. The van der Waals surface area contributed by atoms with E-state index in [1.807, 2.05) is 0 Å². The molecule has 2 aromatic rings. The summed E-state index contributed by atoms with van der Waals surface area (Å²) < 4.78 is 18.7. The summed E-state index contributed by atoms with van der Waals surface area (Å²) >= 11 is 3.10. The summed E-state index contributed by atoms with van der Waals surface area (Å²) in [5.74, 6) is -0.312. The van der Waals surface area contributed by atoms with E-state index in [9.17, 15) is 14.0 Å². The van der Waals surface area contributed by atoms with Crippen LogP contribution in [-0.2, 0) is 4.79 Å². The van der Waals surface area contributed by atoms with Crippen LogP contribution in [-0.4, -0.2) is 18.3 Å². The number of allylic oxidation sites excluding steroid dienone is 1. The lowest BCUT2D eigenvalue weighted by molar-refractivity contribution is -0.118. The Bertz CT molecular complexity index is 833. The van der Waals surface area contributed by atoms with Crippen LogP contribution in [0.5, 0.6) is 5.75 Å². The van der Waals surface area contributed by atoms with Gasteiger partial charge in [-0.1, -0.05) is 12.1 Å². The Morgan fingerprint density at radius 3 is 2.87 bits per heavy atom. The Kier molecular flexibility index (Phi) is 4.25. The lowest BCUT2D eigenvalue weighted by atomic mass is 10.1. The van der Waals surface area contributed by atoms with Gasteiger partial charge < -0.3 is 10.1 Å². The molecule has 0 aromatic heterocycles. The largest absolute Gasteiger partial charge is 0.482 e. The first-order chi connectivity index (χ1) is 11.0. The first-order valence-corrected chi connectivity index (χ1v) is 7.56. The molecule has 0 aliphatic carbocycles. The monoisotopic (exact) mass is 375 g/mol. The van der Waals surface area contributed by atoms with Gasteiger partial charge in [-0.05, 0) is 57.9 Å². The van der Waals surface area contributed by atoms with Crippen molar-refractivity contribution in [2.24, 2.45) is 0 Å². The van der Waals surface area contributed by atoms with Gasteiger partial charge in [-0.3, -0.25) is 9.59 Å². The molecule has 0 saturated heterocycles. The Morgan fingerprint density at radius 1 is 1.26 bits per heavy atom. The first kappa shape index (κ1) is 15.4. The van der Waals surface area contributed by atoms with Crippen LogP contribution in [0.25, 0.3) is 6.08 Å². The minimum atomic E-state index is -0.362. The second-order valence-corrected chi connectivity index (χ2v) is 5.77. The van der Waals surface area contributed by atoms with Gasteiger partial charge in [-0.15, -0.1) is 0 Å². The molecule has 0 fully saturated rings. The molecular weight excluding hydrogens is 365 g/mol. The molecule has 0 atom stereocenters. The van der Waals surface area contributed by atoms with Gasteiger partial charge in [0.25, 0.3) is 5.91 Å². The van der Waals surface area contributed by atoms with Crippen molar-refractivity contribution in [3.8, 4) is 5.75 Å². The van der Waals surface area contributed by atoms with E-state index in [0.717, 1.165) is 0 Å². The summed E-state index contributed by atoms with van der Waals surface area (Å²) in [4.78, 5) is 23.5. The lowest BCUT2D eigenvalue weighted by Gasteiger charge is -2.17. The van der Waals surface area contributed by atoms with E-state index >= 15 is 0 Å². The maximum atomic E-state index is 13.2. The van der Waals surface area contributed by atoms with Crippen LogP contribution >= 0.6 is 15.9 Å². The predicted molar refractivity (Wildman–Crippen MR) is 88.0 cm³/mol. The summed E-state index contributed by atoms with van der Waals surface area (Å²) in [6.07, 6.45) is 2.99. The number of ketones is 1. The van der Waals surface area contributed by atoms with Crippen molar-refractivity contribution < 1.29 is 18.7 Å². The number of hydrogen-bond acceptors (Lipinski definition) is 3. The minimum Gasteiger partial charge on any atom is -0.482 e. The average molecular weight is 376 g/mol. The van der Waals surface area contributed by atoms with Crippen molar-refractivity contribution in [2.75, 3.05) is 11.9 Å². The van der Waals surface area contributed by atoms with E-state index in [0.29, 0.717) is 27.0 Å². The van der Waals surface area contributed by atoms with E-state index in [4.69, 9.17) is 4.74 Å². The first-order valence-electron chi connectivity index (χ1n) is 6.77. The molecule has 1 aliphatic heterocycles. The average Bonchev–Trinajstić information content (AvgIpc) is 2.55.